The molecule has 14 heavy (non-hydrogen) atoms. The van der Waals surface area contributed by atoms with E-state index >= 15 is 0 Å². The topological polar surface area (TPSA) is 68.0 Å². The Balaban J connectivity index is 2.29. The third-order valence-corrected chi connectivity index (χ3v) is 3.56. The highest BCUT2D eigenvalue weighted by Gasteiger charge is 2.22. The number of fused-ring (bicyclic) bond motifs is 1. The second-order valence-electron chi connectivity index (χ2n) is 3.37. The van der Waals surface area contributed by atoms with E-state index in [2.05, 4.69) is 17.2 Å². The minimum absolute atomic E-state index is 0.114. The van der Waals surface area contributed by atoms with Crippen LogP contribution in [0.1, 0.15) is 23.2 Å². The Bertz CT molecular complexity index is 361. The highest BCUT2D eigenvalue weighted by Crippen LogP contribution is 2.27. The summed E-state index contributed by atoms with van der Waals surface area (Å²) >= 11 is 1.67. The lowest BCUT2D eigenvalue weighted by Gasteiger charge is -2.04. The summed E-state index contributed by atoms with van der Waals surface area (Å²) in [4.78, 5) is 16.9. The molecule has 0 fully saturated rings. The Morgan fingerprint density at radius 3 is 3.21 bits per heavy atom. The van der Waals surface area contributed by atoms with Crippen LogP contribution in [0.25, 0.3) is 0 Å². The minimum Gasteiger partial charge on any atom is -0.320 e. The van der Waals surface area contributed by atoms with E-state index in [-0.39, 0.29) is 11.9 Å². The minimum atomic E-state index is -0.388. The summed E-state index contributed by atoms with van der Waals surface area (Å²) < 4.78 is 0. The van der Waals surface area contributed by atoms with E-state index in [1.165, 1.54) is 0 Å². The molecule has 1 aromatic rings. The molecule has 4 nitrogen and oxygen atoms in total. The van der Waals surface area contributed by atoms with Crippen molar-refractivity contribution in [3.05, 3.63) is 9.88 Å². The van der Waals surface area contributed by atoms with Gasteiger partial charge in [0.2, 0.25) is 5.91 Å². The second kappa shape index (κ2) is 3.67. The van der Waals surface area contributed by atoms with Crippen molar-refractivity contribution in [1.29, 1.82) is 0 Å². The molecule has 1 atom stereocenters. The molecule has 5 heteroatoms. The smallest absolute Gasteiger partial charge is 0.242 e. The van der Waals surface area contributed by atoms with Crippen LogP contribution in [0.5, 0.6) is 0 Å². The summed E-state index contributed by atoms with van der Waals surface area (Å²) in [5.74, 6) is 0.613. The highest BCUT2D eigenvalue weighted by atomic mass is 32.1. The van der Waals surface area contributed by atoms with Gasteiger partial charge in [-0.25, -0.2) is 4.98 Å². The average Bonchev–Trinajstić information content (AvgIpc) is 2.51. The van der Waals surface area contributed by atoms with E-state index in [0.717, 1.165) is 28.5 Å². The molecule has 1 aliphatic heterocycles. The fourth-order valence-electron chi connectivity index (χ4n) is 1.45. The molecule has 0 aliphatic carbocycles. The van der Waals surface area contributed by atoms with Gasteiger partial charge < -0.3 is 11.1 Å². The standard InChI is InChI=1S/C9H13N3OS/c1-2-7-11-8-6(14-7)4-3-5(10)9(13)12-8/h5H,2-4,10H2,1H3,(H,12,13). The largest absolute Gasteiger partial charge is 0.320 e. The summed E-state index contributed by atoms with van der Waals surface area (Å²) in [5, 5.41) is 3.84. The Morgan fingerprint density at radius 1 is 1.71 bits per heavy atom. The van der Waals surface area contributed by atoms with Crippen LogP contribution in [0.3, 0.4) is 0 Å². The first kappa shape index (κ1) is 9.61. The number of aromatic nitrogens is 1. The van der Waals surface area contributed by atoms with E-state index in [1.54, 1.807) is 11.3 Å². The van der Waals surface area contributed by atoms with Gasteiger partial charge in [0, 0.05) is 4.88 Å². The van der Waals surface area contributed by atoms with Gasteiger partial charge in [0.05, 0.1) is 11.0 Å². The van der Waals surface area contributed by atoms with Crippen LogP contribution < -0.4 is 11.1 Å². The van der Waals surface area contributed by atoms with Crippen LogP contribution in [-0.2, 0) is 17.6 Å². The number of nitrogens with zero attached hydrogens (tertiary/aromatic N) is 1. The van der Waals surface area contributed by atoms with Gasteiger partial charge in [-0.05, 0) is 19.3 Å². The second-order valence-corrected chi connectivity index (χ2v) is 4.54. The number of carbonyl (C=O) groups is 1. The van der Waals surface area contributed by atoms with Crippen LogP contribution in [0.4, 0.5) is 5.82 Å². The first-order chi connectivity index (χ1) is 6.70. The normalized spacial score (nSPS) is 21.3. The summed E-state index contributed by atoms with van der Waals surface area (Å²) in [6, 6.07) is -0.388. The summed E-state index contributed by atoms with van der Waals surface area (Å²) in [7, 11) is 0. The molecular formula is C9H13N3OS. The Labute approximate surface area is 86.5 Å². The van der Waals surface area contributed by atoms with Gasteiger partial charge in [-0.3, -0.25) is 4.79 Å². The number of amides is 1. The number of rotatable bonds is 1. The zero-order chi connectivity index (χ0) is 10.1. The van der Waals surface area contributed by atoms with E-state index in [9.17, 15) is 4.79 Å². The van der Waals surface area contributed by atoms with Gasteiger partial charge in [0.15, 0.2) is 0 Å². The van der Waals surface area contributed by atoms with Crippen molar-refractivity contribution in [1.82, 2.24) is 4.98 Å². The summed E-state index contributed by atoms with van der Waals surface area (Å²) in [6.45, 7) is 2.06. The quantitative estimate of drug-likeness (QED) is 0.725. The molecule has 76 valence electrons. The first-order valence-electron chi connectivity index (χ1n) is 4.75. The van der Waals surface area contributed by atoms with Gasteiger partial charge in [0.1, 0.15) is 5.82 Å². The maximum Gasteiger partial charge on any atom is 0.242 e. The van der Waals surface area contributed by atoms with E-state index in [4.69, 9.17) is 5.73 Å². The molecule has 1 aliphatic rings. The first-order valence-corrected chi connectivity index (χ1v) is 5.57. The van der Waals surface area contributed by atoms with Crippen LogP contribution in [0.15, 0.2) is 0 Å². The van der Waals surface area contributed by atoms with Crippen molar-refractivity contribution in [3.63, 3.8) is 0 Å². The summed E-state index contributed by atoms with van der Waals surface area (Å²) in [5.41, 5.74) is 5.65. The predicted molar refractivity (Wildman–Crippen MR) is 56.4 cm³/mol. The fraction of sp³-hybridized carbons (Fsp3) is 0.556. The molecule has 0 aromatic carbocycles. The number of hydrogen-bond donors (Lipinski definition) is 2. The molecule has 1 aromatic heterocycles. The third kappa shape index (κ3) is 1.65. The highest BCUT2D eigenvalue weighted by molar-refractivity contribution is 7.12. The van der Waals surface area contributed by atoms with Gasteiger partial charge in [0.25, 0.3) is 0 Å². The van der Waals surface area contributed by atoms with Crippen molar-refractivity contribution in [2.75, 3.05) is 5.32 Å². The van der Waals surface area contributed by atoms with Crippen LogP contribution >= 0.6 is 11.3 Å². The van der Waals surface area contributed by atoms with Crippen molar-refractivity contribution in [2.24, 2.45) is 5.73 Å². The predicted octanol–water partition coefficient (Wildman–Crippen LogP) is 0.917. The number of carbonyl (C=O) groups excluding carboxylic acids is 1. The van der Waals surface area contributed by atoms with Crippen molar-refractivity contribution < 1.29 is 4.79 Å². The van der Waals surface area contributed by atoms with E-state index in [1.807, 2.05) is 0 Å². The van der Waals surface area contributed by atoms with E-state index in [0.29, 0.717) is 6.42 Å². The Morgan fingerprint density at radius 2 is 2.50 bits per heavy atom. The lowest BCUT2D eigenvalue weighted by atomic mass is 10.2. The molecule has 0 spiro atoms. The molecule has 0 saturated carbocycles. The van der Waals surface area contributed by atoms with Gasteiger partial charge >= 0.3 is 0 Å². The van der Waals surface area contributed by atoms with Gasteiger partial charge in [-0.15, -0.1) is 11.3 Å². The molecule has 2 rings (SSSR count). The maximum absolute atomic E-state index is 11.4. The zero-order valence-electron chi connectivity index (χ0n) is 8.04. The monoisotopic (exact) mass is 211 g/mol. The zero-order valence-corrected chi connectivity index (χ0v) is 8.86. The average molecular weight is 211 g/mol. The molecule has 1 amide bonds. The van der Waals surface area contributed by atoms with Crippen molar-refractivity contribution >= 4 is 23.1 Å². The number of anilines is 1. The fourth-order valence-corrected chi connectivity index (χ4v) is 2.42. The lowest BCUT2D eigenvalue weighted by molar-refractivity contribution is -0.117. The molecule has 3 N–H and O–H groups in total. The SMILES string of the molecule is CCc1nc2c(s1)CCC(N)C(=O)N2. The number of nitrogens with one attached hydrogen (secondary N) is 1. The van der Waals surface area contributed by atoms with Crippen molar-refractivity contribution in [2.45, 2.75) is 32.2 Å². The molecule has 0 radical (unpaired) electrons. The summed E-state index contributed by atoms with van der Waals surface area (Å²) in [6.07, 6.45) is 2.48. The molecule has 0 saturated heterocycles. The number of aryl methyl sites for hydroxylation is 2. The molecule has 2 heterocycles. The number of hydrogen-bond acceptors (Lipinski definition) is 4. The molecule has 0 bridgehead atoms. The third-order valence-electron chi connectivity index (χ3n) is 2.30. The number of nitrogens with two attached hydrogens (primary N) is 1. The van der Waals surface area contributed by atoms with Gasteiger partial charge in [-0.2, -0.15) is 0 Å². The maximum atomic E-state index is 11.4. The Hall–Kier alpha value is -0.940. The van der Waals surface area contributed by atoms with E-state index < -0.39 is 0 Å². The number of thiazole rings is 1. The van der Waals surface area contributed by atoms with Crippen LogP contribution in [-0.4, -0.2) is 16.9 Å². The van der Waals surface area contributed by atoms with Crippen molar-refractivity contribution in [3.8, 4) is 0 Å². The lowest BCUT2D eigenvalue weighted by Crippen LogP contribution is -2.34. The van der Waals surface area contributed by atoms with Crippen LogP contribution in [0.2, 0.25) is 0 Å². The van der Waals surface area contributed by atoms with Crippen LogP contribution in [0, 0.1) is 0 Å². The molecule has 1 unspecified atom stereocenters. The molecular weight excluding hydrogens is 198 g/mol. The van der Waals surface area contributed by atoms with Gasteiger partial charge in [-0.1, -0.05) is 6.92 Å². The Kier molecular flexibility index (Phi) is 2.52.